The van der Waals surface area contributed by atoms with Gasteiger partial charge in [0.25, 0.3) is 0 Å². The average Bonchev–Trinajstić information content (AvgIpc) is 2.41. The zero-order chi connectivity index (χ0) is 13.8. The minimum absolute atomic E-state index is 0.233. The van der Waals surface area contributed by atoms with Gasteiger partial charge in [-0.15, -0.1) is 0 Å². The molecule has 100 valence electrons. The molecular formula is C15H15BrFNO. The van der Waals surface area contributed by atoms with E-state index < -0.39 is 0 Å². The van der Waals surface area contributed by atoms with E-state index in [2.05, 4.69) is 15.9 Å². The Balaban J connectivity index is 2.18. The quantitative estimate of drug-likeness (QED) is 0.927. The van der Waals surface area contributed by atoms with Gasteiger partial charge in [-0.1, -0.05) is 40.2 Å². The van der Waals surface area contributed by atoms with Gasteiger partial charge in [0.1, 0.15) is 0 Å². The van der Waals surface area contributed by atoms with Gasteiger partial charge in [0.05, 0.1) is 7.11 Å². The summed E-state index contributed by atoms with van der Waals surface area (Å²) in [4.78, 5) is 0. The van der Waals surface area contributed by atoms with Crippen molar-refractivity contribution in [3.05, 3.63) is 63.9 Å². The Bertz CT molecular complexity index is 574. The molecule has 2 aromatic carbocycles. The molecule has 2 rings (SSSR count). The number of hydrogen-bond acceptors (Lipinski definition) is 2. The van der Waals surface area contributed by atoms with Crippen LogP contribution in [0, 0.1) is 5.82 Å². The lowest BCUT2D eigenvalue weighted by Crippen LogP contribution is -2.14. The summed E-state index contributed by atoms with van der Waals surface area (Å²) >= 11 is 3.48. The lowest BCUT2D eigenvalue weighted by atomic mass is 9.99. The molecule has 0 bridgehead atoms. The van der Waals surface area contributed by atoms with E-state index in [9.17, 15) is 4.39 Å². The highest BCUT2D eigenvalue weighted by Gasteiger charge is 2.12. The summed E-state index contributed by atoms with van der Waals surface area (Å²) < 4.78 is 19.5. The molecule has 4 heteroatoms. The Kier molecular flexibility index (Phi) is 4.56. The summed E-state index contributed by atoms with van der Waals surface area (Å²) in [7, 11) is 1.44. The van der Waals surface area contributed by atoms with Crippen LogP contribution in [0.4, 0.5) is 4.39 Å². The van der Waals surface area contributed by atoms with E-state index in [1.807, 2.05) is 24.3 Å². The Morgan fingerprint density at radius 1 is 1.26 bits per heavy atom. The Hall–Kier alpha value is -1.39. The fourth-order valence-electron chi connectivity index (χ4n) is 1.93. The normalized spacial score (nSPS) is 12.2. The summed E-state index contributed by atoms with van der Waals surface area (Å²) in [5.74, 6) is -0.153. The second-order valence-corrected chi connectivity index (χ2v) is 5.15. The third-order valence-corrected chi connectivity index (χ3v) is 3.78. The van der Waals surface area contributed by atoms with Gasteiger partial charge in [0, 0.05) is 10.5 Å². The van der Waals surface area contributed by atoms with Crippen LogP contribution in [0.25, 0.3) is 0 Å². The minimum Gasteiger partial charge on any atom is -0.494 e. The van der Waals surface area contributed by atoms with Crippen molar-refractivity contribution < 1.29 is 9.13 Å². The molecule has 0 radical (unpaired) electrons. The van der Waals surface area contributed by atoms with Crippen molar-refractivity contribution in [1.29, 1.82) is 0 Å². The van der Waals surface area contributed by atoms with Crippen LogP contribution in [-0.2, 0) is 6.42 Å². The molecule has 19 heavy (non-hydrogen) atoms. The summed E-state index contributed by atoms with van der Waals surface area (Å²) in [5.41, 5.74) is 7.99. The van der Waals surface area contributed by atoms with Gasteiger partial charge in [0.2, 0.25) is 0 Å². The summed E-state index contributed by atoms with van der Waals surface area (Å²) in [6.45, 7) is 0. The minimum atomic E-state index is -0.387. The van der Waals surface area contributed by atoms with Crippen molar-refractivity contribution in [2.45, 2.75) is 12.5 Å². The number of rotatable bonds is 4. The molecule has 2 aromatic rings. The molecule has 0 saturated carbocycles. The Labute approximate surface area is 120 Å². The summed E-state index contributed by atoms with van der Waals surface area (Å²) in [6.07, 6.45) is 0.646. The Morgan fingerprint density at radius 3 is 2.63 bits per heavy atom. The molecule has 0 aliphatic heterocycles. The lowest BCUT2D eigenvalue weighted by molar-refractivity contribution is 0.386. The van der Waals surface area contributed by atoms with Crippen LogP contribution < -0.4 is 10.5 Å². The van der Waals surface area contributed by atoms with E-state index in [0.717, 1.165) is 15.6 Å². The van der Waals surface area contributed by atoms with Crippen molar-refractivity contribution >= 4 is 15.9 Å². The molecule has 0 aromatic heterocycles. The van der Waals surface area contributed by atoms with E-state index in [1.165, 1.54) is 13.2 Å². The molecule has 0 heterocycles. The predicted molar refractivity (Wildman–Crippen MR) is 77.7 cm³/mol. The number of benzene rings is 2. The number of methoxy groups -OCH3 is 1. The third-order valence-electron chi connectivity index (χ3n) is 3.00. The molecule has 0 aliphatic carbocycles. The highest BCUT2D eigenvalue weighted by Crippen LogP contribution is 2.25. The van der Waals surface area contributed by atoms with Gasteiger partial charge in [0.15, 0.2) is 11.6 Å². The first-order valence-electron chi connectivity index (χ1n) is 5.94. The monoisotopic (exact) mass is 323 g/mol. The number of nitrogens with two attached hydrogens (primary N) is 1. The van der Waals surface area contributed by atoms with Crippen LogP contribution in [0.2, 0.25) is 0 Å². The molecule has 1 atom stereocenters. The van der Waals surface area contributed by atoms with Gasteiger partial charge in [-0.2, -0.15) is 0 Å². The van der Waals surface area contributed by atoms with Crippen LogP contribution in [0.3, 0.4) is 0 Å². The van der Waals surface area contributed by atoms with Crippen LogP contribution in [0.1, 0.15) is 17.2 Å². The van der Waals surface area contributed by atoms with Gasteiger partial charge in [-0.3, -0.25) is 0 Å². The molecule has 0 spiro atoms. The van der Waals surface area contributed by atoms with E-state index in [0.29, 0.717) is 6.42 Å². The maximum atomic E-state index is 13.6. The fraction of sp³-hybridized carbons (Fsp3) is 0.200. The van der Waals surface area contributed by atoms with Crippen molar-refractivity contribution in [2.24, 2.45) is 5.73 Å². The van der Waals surface area contributed by atoms with Crippen molar-refractivity contribution in [3.63, 3.8) is 0 Å². The van der Waals surface area contributed by atoms with E-state index in [4.69, 9.17) is 10.5 Å². The molecule has 0 amide bonds. The van der Waals surface area contributed by atoms with Crippen LogP contribution in [-0.4, -0.2) is 7.11 Å². The van der Waals surface area contributed by atoms with Gasteiger partial charge in [-0.05, 0) is 35.7 Å². The van der Waals surface area contributed by atoms with Crippen LogP contribution in [0.5, 0.6) is 5.75 Å². The SMILES string of the molecule is COc1ccc(C(N)Cc2ccccc2Br)cc1F. The third kappa shape index (κ3) is 3.33. The average molecular weight is 324 g/mol. The summed E-state index contributed by atoms with van der Waals surface area (Å²) in [5, 5.41) is 0. The molecular weight excluding hydrogens is 309 g/mol. The zero-order valence-electron chi connectivity index (χ0n) is 10.6. The standard InChI is InChI=1S/C15H15BrFNO/c1-19-15-7-6-11(8-13(15)17)14(18)9-10-4-2-3-5-12(10)16/h2-8,14H,9,18H2,1H3. The number of ether oxygens (including phenoxy) is 1. The lowest BCUT2D eigenvalue weighted by Gasteiger charge is -2.14. The first-order valence-corrected chi connectivity index (χ1v) is 6.73. The molecule has 2 N–H and O–H groups in total. The first kappa shape index (κ1) is 14.0. The molecule has 0 saturated heterocycles. The summed E-state index contributed by atoms with van der Waals surface area (Å²) in [6, 6.07) is 12.5. The second kappa shape index (κ2) is 6.17. The molecule has 1 unspecified atom stereocenters. The largest absolute Gasteiger partial charge is 0.494 e. The van der Waals surface area contributed by atoms with Gasteiger partial charge in [-0.25, -0.2) is 4.39 Å². The smallest absolute Gasteiger partial charge is 0.165 e. The first-order chi connectivity index (χ1) is 9.11. The van der Waals surface area contributed by atoms with Gasteiger partial charge >= 0.3 is 0 Å². The van der Waals surface area contributed by atoms with Crippen molar-refractivity contribution in [3.8, 4) is 5.75 Å². The van der Waals surface area contributed by atoms with E-state index in [1.54, 1.807) is 12.1 Å². The molecule has 0 fully saturated rings. The molecule has 0 aliphatic rings. The maximum Gasteiger partial charge on any atom is 0.165 e. The maximum absolute atomic E-state index is 13.6. The van der Waals surface area contributed by atoms with Crippen molar-refractivity contribution in [2.75, 3.05) is 7.11 Å². The number of halogens is 2. The topological polar surface area (TPSA) is 35.2 Å². The van der Waals surface area contributed by atoms with Crippen LogP contribution >= 0.6 is 15.9 Å². The second-order valence-electron chi connectivity index (χ2n) is 4.30. The fourth-order valence-corrected chi connectivity index (χ4v) is 2.38. The highest BCUT2D eigenvalue weighted by atomic mass is 79.9. The highest BCUT2D eigenvalue weighted by molar-refractivity contribution is 9.10. The zero-order valence-corrected chi connectivity index (χ0v) is 12.2. The Morgan fingerprint density at radius 2 is 2.00 bits per heavy atom. The number of hydrogen-bond donors (Lipinski definition) is 1. The predicted octanol–water partition coefficient (Wildman–Crippen LogP) is 3.84. The van der Waals surface area contributed by atoms with Crippen molar-refractivity contribution in [1.82, 2.24) is 0 Å². The van der Waals surface area contributed by atoms with E-state index in [-0.39, 0.29) is 17.6 Å². The van der Waals surface area contributed by atoms with E-state index >= 15 is 0 Å². The van der Waals surface area contributed by atoms with Gasteiger partial charge < -0.3 is 10.5 Å². The van der Waals surface area contributed by atoms with Crippen LogP contribution in [0.15, 0.2) is 46.9 Å². The molecule has 2 nitrogen and oxygen atoms in total.